The van der Waals surface area contributed by atoms with Crippen molar-refractivity contribution in [3.05, 3.63) is 38.8 Å². The van der Waals surface area contributed by atoms with E-state index in [0.717, 1.165) is 23.3 Å². The summed E-state index contributed by atoms with van der Waals surface area (Å²) in [7, 11) is 0. The van der Waals surface area contributed by atoms with E-state index in [1.165, 1.54) is 0 Å². The van der Waals surface area contributed by atoms with E-state index < -0.39 is 5.97 Å². The first-order valence-corrected chi connectivity index (χ1v) is 7.68. The van der Waals surface area contributed by atoms with Crippen molar-refractivity contribution in [3.63, 3.8) is 0 Å². The van der Waals surface area contributed by atoms with E-state index in [2.05, 4.69) is 5.32 Å². The summed E-state index contributed by atoms with van der Waals surface area (Å²) in [5.41, 5.74) is 1.49. The fraction of sp³-hybridized carbons (Fsp3) is 0.286. The molecule has 0 saturated heterocycles. The Kier molecular flexibility index (Phi) is 4.69. The zero-order chi connectivity index (χ0) is 15.6. The van der Waals surface area contributed by atoms with E-state index in [1.807, 2.05) is 6.92 Å². The average Bonchev–Trinajstić information content (AvgIpc) is 2.94. The van der Waals surface area contributed by atoms with Crippen molar-refractivity contribution in [1.29, 1.82) is 0 Å². The Morgan fingerprint density at radius 1 is 1.48 bits per heavy atom. The maximum atomic E-state index is 12.4. The Labute approximate surface area is 131 Å². The van der Waals surface area contributed by atoms with Crippen molar-refractivity contribution in [2.45, 2.75) is 26.8 Å². The summed E-state index contributed by atoms with van der Waals surface area (Å²) >= 11 is 7.04. The molecule has 0 atom stereocenters. The lowest BCUT2D eigenvalue weighted by molar-refractivity contribution is 0.0703. The normalized spacial score (nSPS) is 10.6. The number of aryl methyl sites for hydroxylation is 2. The summed E-state index contributed by atoms with van der Waals surface area (Å²) < 4.78 is 1.76. The molecule has 21 heavy (non-hydrogen) atoms. The lowest BCUT2D eigenvalue weighted by Crippen LogP contribution is -2.18. The molecule has 0 radical (unpaired) electrons. The third-order valence-electron chi connectivity index (χ3n) is 2.97. The SMILES string of the molecule is CCCn1cc(Cl)cc1C(=O)Nc1c(C)csc1C(=O)O. The summed E-state index contributed by atoms with van der Waals surface area (Å²) in [6.45, 7) is 4.43. The van der Waals surface area contributed by atoms with Crippen molar-refractivity contribution in [1.82, 2.24) is 4.57 Å². The van der Waals surface area contributed by atoms with Crippen LogP contribution in [0, 0.1) is 6.92 Å². The molecule has 2 N–H and O–H groups in total. The maximum Gasteiger partial charge on any atom is 0.348 e. The van der Waals surface area contributed by atoms with Gasteiger partial charge < -0.3 is 15.0 Å². The molecule has 0 bridgehead atoms. The molecule has 7 heteroatoms. The van der Waals surface area contributed by atoms with Crippen LogP contribution in [0.5, 0.6) is 0 Å². The van der Waals surface area contributed by atoms with E-state index in [1.54, 1.807) is 29.1 Å². The second kappa shape index (κ2) is 6.32. The van der Waals surface area contributed by atoms with Crippen LogP contribution in [0.4, 0.5) is 5.69 Å². The van der Waals surface area contributed by atoms with Crippen LogP contribution in [0.1, 0.15) is 39.1 Å². The van der Waals surface area contributed by atoms with Crippen LogP contribution < -0.4 is 5.32 Å². The standard InChI is InChI=1S/C14H15ClN2O3S/c1-3-4-17-6-9(15)5-10(17)13(18)16-11-8(2)7-21-12(11)14(19)20/h5-7H,3-4H2,1-2H3,(H,16,18)(H,19,20). The molecule has 0 unspecified atom stereocenters. The number of hydrogen-bond acceptors (Lipinski definition) is 3. The summed E-state index contributed by atoms with van der Waals surface area (Å²) in [6.07, 6.45) is 2.56. The van der Waals surface area contributed by atoms with Crippen LogP contribution in [0.25, 0.3) is 0 Å². The summed E-state index contributed by atoms with van der Waals surface area (Å²) in [5, 5.41) is 14.0. The van der Waals surface area contributed by atoms with Gasteiger partial charge in [-0.25, -0.2) is 4.79 Å². The van der Waals surface area contributed by atoms with Gasteiger partial charge in [0.1, 0.15) is 10.6 Å². The molecule has 0 saturated carbocycles. The van der Waals surface area contributed by atoms with Gasteiger partial charge in [0, 0.05) is 12.7 Å². The van der Waals surface area contributed by atoms with Crippen molar-refractivity contribution < 1.29 is 14.7 Å². The summed E-state index contributed by atoms with van der Waals surface area (Å²) in [6, 6.07) is 1.58. The van der Waals surface area contributed by atoms with Gasteiger partial charge in [-0.05, 0) is 30.4 Å². The van der Waals surface area contributed by atoms with Crippen LogP contribution in [0.2, 0.25) is 5.02 Å². The predicted octanol–water partition coefficient (Wildman–Crippen LogP) is 3.87. The first-order valence-electron chi connectivity index (χ1n) is 6.42. The number of carboxylic acids is 1. The molecule has 5 nitrogen and oxygen atoms in total. The molecule has 0 aromatic carbocycles. The van der Waals surface area contributed by atoms with Gasteiger partial charge in [0.05, 0.1) is 10.7 Å². The van der Waals surface area contributed by atoms with Crippen LogP contribution in [0.15, 0.2) is 17.6 Å². The molecule has 0 aliphatic heterocycles. The molecular formula is C14H15ClN2O3S. The smallest absolute Gasteiger partial charge is 0.348 e. The molecule has 2 aromatic heterocycles. The number of nitrogens with zero attached hydrogens (tertiary/aromatic N) is 1. The Bertz CT molecular complexity index is 690. The van der Waals surface area contributed by atoms with Gasteiger partial charge in [-0.2, -0.15) is 0 Å². The van der Waals surface area contributed by atoms with Gasteiger partial charge >= 0.3 is 5.97 Å². The van der Waals surface area contributed by atoms with Crippen LogP contribution in [-0.2, 0) is 6.54 Å². The molecule has 2 heterocycles. The molecule has 1 amide bonds. The summed E-state index contributed by atoms with van der Waals surface area (Å²) in [5.74, 6) is -1.41. The fourth-order valence-electron chi connectivity index (χ4n) is 2.03. The number of thiophene rings is 1. The number of rotatable bonds is 5. The number of carbonyl (C=O) groups is 2. The summed E-state index contributed by atoms with van der Waals surface area (Å²) in [4.78, 5) is 23.7. The molecule has 0 spiro atoms. The quantitative estimate of drug-likeness (QED) is 0.876. The molecule has 0 aliphatic carbocycles. The first kappa shape index (κ1) is 15.6. The molecule has 112 valence electrons. The van der Waals surface area contributed by atoms with Crippen molar-refractivity contribution in [2.24, 2.45) is 0 Å². The van der Waals surface area contributed by atoms with E-state index in [4.69, 9.17) is 16.7 Å². The van der Waals surface area contributed by atoms with Crippen molar-refractivity contribution >= 4 is 40.5 Å². The number of carboxylic acid groups (broad SMARTS) is 1. The number of anilines is 1. The number of nitrogens with one attached hydrogen (secondary N) is 1. The number of amides is 1. The second-order valence-corrected chi connectivity index (χ2v) is 5.94. The fourth-order valence-corrected chi connectivity index (χ4v) is 3.09. The van der Waals surface area contributed by atoms with Crippen LogP contribution in [-0.4, -0.2) is 21.6 Å². The second-order valence-electron chi connectivity index (χ2n) is 4.62. The van der Waals surface area contributed by atoms with Gasteiger partial charge in [-0.15, -0.1) is 11.3 Å². The minimum absolute atomic E-state index is 0.126. The van der Waals surface area contributed by atoms with E-state index in [9.17, 15) is 9.59 Å². The Hall–Kier alpha value is -1.79. The molecule has 2 rings (SSSR count). The third-order valence-corrected chi connectivity index (χ3v) is 4.26. The number of carbonyl (C=O) groups excluding carboxylic acids is 1. The molecular weight excluding hydrogens is 312 g/mol. The van der Waals surface area contributed by atoms with Crippen molar-refractivity contribution in [2.75, 3.05) is 5.32 Å². The monoisotopic (exact) mass is 326 g/mol. The zero-order valence-corrected chi connectivity index (χ0v) is 13.2. The van der Waals surface area contributed by atoms with Crippen LogP contribution in [0.3, 0.4) is 0 Å². The van der Waals surface area contributed by atoms with Gasteiger partial charge in [-0.1, -0.05) is 18.5 Å². The minimum atomic E-state index is -1.05. The lowest BCUT2D eigenvalue weighted by atomic mass is 10.2. The number of hydrogen-bond donors (Lipinski definition) is 2. The molecule has 2 aromatic rings. The third kappa shape index (κ3) is 3.28. The Morgan fingerprint density at radius 2 is 2.19 bits per heavy atom. The highest BCUT2D eigenvalue weighted by Gasteiger charge is 2.20. The maximum absolute atomic E-state index is 12.4. The molecule has 0 aliphatic rings. The number of halogens is 1. The van der Waals surface area contributed by atoms with Gasteiger partial charge in [0.15, 0.2) is 0 Å². The molecule has 0 fully saturated rings. The van der Waals surface area contributed by atoms with Crippen molar-refractivity contribution in [3.8, 4) is 0 Å². The van der Waals surface area contributed by atoms with E-state index in [-0.39, 0.29) is 10.8 Å². The van der Waals surface area contributed by atoms with Gasteiger partial charge in [0.25, 0.3) is 5.91 Å². The number of aromatic carboxylic acids is 1. The Morgan fingerprint density at radius 3 is 2.81 bits per heavy atom. The van der Waals surface area contributed by atoms with Gasteiger partial charge in [-0.3, -0.25) is 4.79 Å². The Balaban J connectivity index is 2.30. The highest BCUT2D eigenvalue weighted by atomic mass is 35.5. The predicted molar refractivity (Wildman–Crippen MR) is 83.7 cm³/mol. The minimum Gasteiger partial charge on any atom is -0.477 e. The zero-order valence-electron chi connectivity index (χ0n) is 11.6. The van der Waals surface area contributed by atoms with E-state index >= 15 is 0 Å². The lowest BCUT2D eigenvalue weighted by Gasteiger charge is -2.09. The average molecular weight is 327 g/mol. The highest BCUT2D eigenvalue weighted by Crippen LogP contribution is 2.28. The van der Waals surface area contributed by atoms with E-state index in [0.29, 0.717) is 22.9 Å². The first-order chi connectivity index (χ1) is 9.93. The van der Waals surface area contributed by atoms with Crippen LogP contribution >= 0.6 is 22.9 Å². The largest absolute Gasteiger partial charge is 0.477 e. The topological polar surface area (TPSA) is 71.3 Å². The highest BCUT2D eigenvalue weighted by molar-refractivity contribution is 7.12. The van der Waals surface area contributed by atoms with Gasteiger partial charge in [0.2, 0.25) is 0 Å². The number of aromatic nitrogens is 1.